The lowest BCUT2D eigenvalue weighted by atomic mass is 9.92. The van der Waals surface area contributed by atoms with Crippen molar-refractivity contribution >= 4 is 29.1 Å². The highest BCUT2D eigenvalue weighted by Crippen LogP contribution is 2.32. The second-order valence-electron chi connectivity index (χ2n) is 6.53. The molecule has 4 heteroatoms. The van der Waals surface area contributed by atoms with Crippen molar-refractivity contribution in [2.45, 2.75) is 31.6 Å². The summed E-state index contributed by atoms with van der Waals surface area (Å²) in [4.78, 5) is 12.0. The summed E-state index contributed by atoms with van der Waals surface area (Å²) >= 11 is 12.0. The van der Waals surface area contributed by atoms with E-state index in [0.717, 1.165) is 16.5 Å². The third-order valence-electron chi connectivity index (χ3n) is 4.45. The first-order valence-electron chi connectivity index (χ1n) is 8.37. The van der Waals surface area contributed by atoms with Gasteiger partial charge in [0.1, 0.15) is 0 Å². The Labute approximate surface area is 153 Å². The molecule has 1 N–H and O–H groups in total. The number of halogens is 2. The smallest absolute Gasteiger partial charge is 0.220 e. The van der Waals surface area contributed by atoms with Crippen molar-refractivity contribution in [1.29, 1.82) is 0 Å². The Hall–Kier alpha value is -1.51. The third kappa shape index (κ3) is 5.25. The normalized spacial score (nSPS) is 15.1. The molecule has 126 valence electrons. The number of hydrogen-bond acceptors (Lipinski definition) is 1. The SMILES string of the molecule is O=C(CC1CC1)NC[C@H](Cc1ccc(Cl)cc1)c1ccc(Cl)cc1. The molecule has 0 aromatic heterocycles. The summed E-state index contributed by atoms with van der Waals surface area (Å²) in [6.07, 6.45) is 3.90. The summed E-state index contributed by atoms with van der Waals surface area (Å²) < 4.78 is 0. The number of carbonyl (C=O) groups is 1. The van der Waals surface area contributed by atoms with Gasteiger partial charge >= 0.3 is 0 Å². The van der Waals surface area contributed by atoms with Crippen LogP contribution in [0, 0.1) is 5.92 Å². The largest absolute Gasteiger partial charge is 0.355 e. The van der Waals surface area contributed by atoms with E-state index in [1.165, 1.54) is 24.0 Å². The van der Waals surface area contributed by atoms with Crippen LogP contribution in [0.15, 0.2) is 48.5 Å². The molecule has 24 heavy (non-hydrogen) atoms. The highest BCUT2D eigenvalue weighted by Gasteiger charge is 2.24. The van der Waals surface area contributed by atoms with Crippen LogP contribution in [0.1, 0.15) is 36.3 Å². The Kier molecular flexibility index (Phi) is 5.80. The maximum atomic E-state index is 12.0. The molecule has 0 radical (unpaired) electrons. The van der Waals surface area contributed by atoms with Crippen LogP contribution in [-0.4, -0.2) is 12.5 Å². The molecule has 0 aliphatic heterocycles. The first-order valence-corrected chi connectivity index (χ1v) is 9.12. The van der Waals surface area contributed by atoms with E-state index in [-0.39, 0.29) is 11.8 Å². The average molecular weight is 362 g/mol. The number of amides is 1. The standard InChI is InChI=1S/C20H21Cl2NO/c21-18-7-3-14(4-8-18)11-17(16-5-9-19(22)10-6-16)13-23-20(24)12-15-1-2-15/h3-10,15,17H,1-2,11-13H2,(H,23,24)/t17-/m0/s1. The second-order valence-corrected chi connectivity index (χ2v) is 7.40. The molecule has 3 rings (SSSR count). The van der Waals surface area contributed by atoms with Gasteiger partial charge in [0, 0.05) is 28.9 Å². The van der Waals surface area contributed by atoms with Crippen LogP contribution in [0.25, 0.3) is 0 Å². The second kappa shape index (κ2) is 8.04. The van der Waals surface area contributed by atoms with E-state index in [4.69, 9.17) is 23.2 Å². The van der Waals surface area contributed by atoms with Crippen molar-refractivity contribution in [1.82, 2.24) is 5.32 Å². The fraction of sp³-hybridized carbons (Fsp3) is 0.350. The monoisotopic (exact) mass is 361 g/mol. The van der Waals surface area contributed by atoms with E-state index in [1.807, 2.05) is 48.5 Å². The average Bonchev–Trinajstić information content (AvgIpc) is 3.38. The molecule has 0 bridgehead atoms. The number of nitrogens with one attached hydrogen (secondary N) is 1. The van der Waals surface area contributed by atoms with Crippen molar-refractivity contribution < 1.29 is 4.79 Å². The van der Waals surface area contributed by atoms with Crippen LogP contribution < -0.4 is 5.32 Å². The molecule has 1 atom stereocenters. The molecule has 2 aromatic rings. The molecule has 2 aromatic carbocycles. The first-order chi connectivity index (χ1) is 11.6. The Morgan fingerprint density at radius 3 is 2.17 bits per heavy atom. The number of benzene rings is 2. The summed E-state index contributed by atoms with van der Waals surface area (Å²) in [5.74, 6) is 0.981. The maximum Gasteiger partial charge on any atom is 0.220 e. The highest BCUT2D eigenvalue weighted by atomic mass is 35.5. The van der Waals surface area contributed by atoms with Gasteiger partial charge in [0.2, 0.25) is 5.91 Å². The molecule has 1 aliphatic rings. The zero-order chi connectivity index (χ0) is 16.9. The lowest BCUT2D eigenvalue weighted by Crippen LogP contribution is -2.29. The van der Waals surface area contributed by atoms with Crippen LogP contribution >= 0.6 is 23.2 Å². The van der Waals surface area contributed by atoms with Crippen molar-refractivity contribution in [3.8, 4) is 0 Å². The summed E-state index contributed by atoms with van der Waals surface area (Å²) in [6, 6.07) is 15.8. The molecule has 1 fully saturated rings. The minimum Gasteiger partial charge on any atom is -0.355 e. The fourth-order valence-electron chi connectivity index (χ4n) is 2.84. The van der Waals surface area contributed by atoms with Crippen LogP contribution in [-0.2, 0) is 11.2 Å². The summed E-state index contributed by atoms with van der Waals surface area (Å²) in [5.41, 5.74) is 2.39. The summed E-state index contributed by atoms with van der Waals surface area (Å²) in [5, 5.41) is 4.56. The van der Waals surface area contributed by atoms with E-state index in [9.17, 15) is 4.79 Å². The number of rotatable bonds is 7. The minimum absolute atomic E-state index is 0.160. The molecular formula is C20H21Cl2NO. The molecule has 0 saturated heterocycles. The zero-order valence-electron chi connectivity index (χ0n) is 13.5. The van der Waals surface area contributed by atoms with Crippen LogP contribution in [0.5, 0.6) is 0 Å². The Balaban J connectivity index is 1.68. The molecule has 0 spiro atoms. The van der Waals surface area contributed by atoms with E-state index < -0.39 is 0 Å². The van der Waals surface area contributed by atoms with Crippen molar-refractivity contribution in [2.75, 3.05) is 6.54 Å². The Morgan fingerprint density at radius 2 is 1.58 bits per heavy atom. The molecule has 0 heterocycles. The number of hydrogen-bond donors (Lipinski definition) is 1. The molecule has 2 nitrogen and oxygen atoms in total. The topological polar surface area (TPSA) is 29.1 Å². The molecule has 1 saturated carbocycles. The summed E-state index contributed by atoms with van der Waals surface area (Å²) in [7, 11) is 0. The fourth-order valence-corrected chi connectivity index (χ4v) is 3.09. The van der Waals surface area contributed by atoms with Crippen LogP contribution in [0.4, 0.5) is 0 Å². The first kappa shape index (κ1) is 17.3. The minimum atomic E-state index is 0.160. The molecule has 1 amide bonds. The predicted octanol–water partition coefficient (Wildman–Crippen LogP) is 5.24. The van der Waals surface area contributed by atoms with Gasteiger partial charge in [-0.25, -0.2) is 0 Å². The van der Waals surface area contributed by atoms with E-state index in [1.54, 1.807) is 0 Å². The van der Waals surface area contributed by atoms with E-state index in [2.05, 4.69) is 5.32 Å². The van der Waals surface area contributed by atoms with Gasteiger partial charge in [-0.2, -0.15) is 0 Å². The van der Waals surface area contributed by atoms with Gasteiger partial charge in [0.15, 0.2) is 0 Å². The van der Waals surface area contributed by atoms with Gasteiger partial charge in [0.05, 0.1) is 0 Å². The third-order valence-corrected chi connectivity index (χ3v) is 4.96. The van der Waals surface area contributed by atoms with Gasteiger partial charge in [-0.15, -0.1) is 0 Å². The van der Waals surface area contributed by atoms with Gasteiger partial charge in [-0.1, -0.05) is 47.5 Å². The van der Waals surface area contributed by atoms with Crippen LogP contribution in [0.2, 0.25) is 10.0 Å². The number of carbonyl (C=O) groups excluding carboxylic acids is 1. The lowest BCUT2D eigenvalue weighted by Gasteiger charge is -2.19. The van der Waals surface area contributed by atoms with Gasteiger partial charge in [0.25, 0.3) is 0 Å². The lowest BCUT2D eigenvalue weighted by molar-refractivity contribution is -0.121. The van der Waals surface area contributed by atoms with Crippen molar-refractivity contribution in [2.24, 2.45) is 5.92 Å². The van der Waals surface area contributed by atoms with E-state index in [0.29, 0.717) is 18.9 Å². The molecule has 1 aliphatic carbocycles. The zero-order valence-corrected chi connectivity index (χ0v) is 15.0. The van der Waals surface area contributed by atoms with Crippen LogP contribution in [0.3, 0.4) is 0 Å². The summed E-state index contributed by atoms with van der Waals surface area (Å²) in [6.45, 7) is 0.635. The molecule has 0 unspecified atom stereocenters. The van der Waals surface area contributed by atoms with Gasteiger partial charge in [-0.3, -0.25) is 4.79 Å². The highest BCUT2D eigenvalue weighted by molar-refractivity contribution is 6.30. The van der Waals surface area contributed by atoms with Crippen molar-refractivity contribution in [3.05, 3.63) is 69.7 Å². The maximum absolute atomic E-state index is 12.0. The van der Waals surface area contributed by atoms with Gasteiger partial charge in [-0.05, 0) is 60.6 Å². The Morgan fingerprint density at radius 1 is 1.00 bits per heavy atom. The Bertz CT molecular complexity index is 678. The van der Waals surface area contributed by atoms with Gasteiger partial charge < -0.3 is 5.32 Å². The quantitative estimate of drug-likeness (QED) is 0.717. The molecular weight excluding hydrogens is 341 g/mol. The predicted molar refractivity (Wildman–Crippen MR) is 99.7 cm³/mol. The van der Waals surface area contributed by atoms with Crippen molar-refractivity contribution in [3.63, 3.8) is 0 Å². The van der Waals surface area contributed by atoms with E-state index >= 15 is 0 Å².